The first-order valence-corrected chi connectivity index (χ1v) is 28.7. The van der Waals surface area contributed by atoms with Gasteiger partial charge in [-0.2, -0.15) is 0 Å². The third-order valence-electron chi connectivity index (χ3n) is 23.4. The Bertz CT molecular complexity index is 1690. The van der Waals surface area contributed by atoms with Crippen molar-refractivity contribution >= 4 is 11.9 Å². The van der Waals surface area contributed by atoms with E-state index in [9.17, 15) is 24.9 Å². The monoisotopic (exact) mass is 1040 g/mol. The number of hydrogen-bond acceptors (Lipinski definition) is 11. The van der Waals surface area contributed by atoms with E-state index in [4.69, 9.17) is 20.0 Å². The van der Waals surface area contributed by atoms with Crippen molar-refractivity contribution in [3.05, 3.63) is 0 Å². The van der Waals surface area contributed by atoms with E-state index >= 15 is 0 Å². The Morgan fingerprint density at radius 3 is 1.45 bits per heavy atom. The van der Waals surface area contributed by atoms with Crippen molar-refractivity contribution in [1.82, 2.24) is 0 Å². The number of aliphatic hydroxyl groups is 3. The second-order valence-corrected chi connectivity index (χ2v) is 26.2. The first-order valence-electron chi connectivity index (χ1n) is 28.7. The summed E-state index contributed by atoms with van der Waals surface area (Å²) in [4.78, 5) is 33.4. The van der Waals surface area contributed by atoms with Gasteiger partial charge in [0.05, 0.1) is 43.4 Å². The summed E-state index contributed by atoms with van der Waals surface area (Å²) < 4.78 is 11.9. The highest BCUT2D eigenvalue weighted by atomic mass is 17.1. The number of rotatable bonds is 16. The minimum absolute atomic E-state index is 0. The van der Waals surface area contributed by atoms with Crippen LogP contribution in [0.5, 0.6) is 0 Å². The summed E-state index contributed by atoms with van der Waals surface area (Å²) in [6.07, 6.45) is 19.9. The molecule has 0 saturated heterocycles. The molecular formula is C62H116O11. The molecule has 23 unspecified atom stereocenters. The third-order valence-corrected chi connectivity index (χ3v) is 23.4. The third kappa shape index (κ3) is 12.4. The zero-order valence-electron chi connectivity index (χ0n) is 44.9. The summed E-state index contributed by atoms with van der Waals surface area (Å²) in [6, 6.07) is 0. The first-order chi connectivity index (χ1) is 32.7. The molecule has 8 aliphatic rings. The molecule has 0 bridgehead atoms. The summed E-state index contributed by atoms with van der Waals surface area (Å²) in [7, 11) is 0. The Hall–Kier alpha value is -1.34. The fourth-order valence-electron chi connectivity index (χ4n) is 18.7. The predicted octanol–water partition coefficient (Wildman–Crippen LogP) is 14.5. The van der Waals surface area contributed by atoms with E-state index in [0.29, 0.717) is 78.3 Å². The molecule has 0 amide bonds. The zero-order chi connectivity index (χ0) is 50.2. The van der Waals surface area contributed by atoms with E-state index in [2.05, 4.69) is 51.3 Å². The molecule has 8 saturated carbocycles. The number of fused-ring (bicyclic) bond motifs is 10. The van der Waals surface area contributed by atoms with Gasteiger partial charge in [-0.3, -0.25) is 20.1 Å². The van der Waals surface area contributed by atoms with Crippen LogP contribution in [0.2, 0.25) is 0 Å². The largest absolute Gasteiger partial charge is 0.462 e. The maximum Gasteiger partial charge on any atom is 0.308 e. The highest BCUT2D eigenvalue weighted by molar-refractivity contribution is 5.72. The summed E-state index contributed by atoms with van der Waals surface area (Å²) in [5.41, 5.74) is 0.168. The van der Waals surface area contributed by atoms with E-state index in [0.717, 1.165) is 109 Å². The van der Waals surface area contributed by atoms with Gasteiger partial charge in [-0.15, -0.1) is 0 Å². The van der Waals surface area contributed by atoms with Gasteiger partial charge in [0.2, 0.25) is 0 Å². The quantitative estimate of drug-likeness (QED) is 0.0431. The molecule has 0 heterocycles. The zero-order valence-corrected chi connectivity index (χ0v) is 44.9. The standard InChI is InChI=1S/C29H50O6.C29H50O5.4CH4/c1-6-17(2)27(32)35-20-11-12-28(4)19(14-20)15-24(30)26-22-10-9-21(18(3)8-7-13-34-33)29(22,5)25(31)16-23(26)28;1-6-18(2)27(31)34-21-13-14-28(4)20(16-21)9-10-22-24-12-11-23(19(3)8-7-15-33-32)29(24,5)26(30)17-25(22)28;;;;/h17-26,30-31,33H,6-16H2,1-5H3;18-26,30,32H,6-17H2,1-5H3;4*1H4. The Balaban J connectivity index is 0.000000365. The lowest BCUT2D eigenvalue weighted by molar-refractivity contribution is -0.243. The Morgan fingerprint density at radius 1 is 0.534 bits per heavy atom. The number of carbonyl (C=O) groups excluding carboxylic acids is 2. The molecule has 0 aromatic rings. The molecule has 8 fully saturated rings. The van der Waals surface area contributed by atoms with Crippen LogP contribution in [0, 0.1) is 105 Å². The average molecular weight is 1040 g/mol. The Labute approximate surface area is 447 Å². The van der Waals surface area contributed by atoms with Crippen LogP contribution in [0.4, 0.5) is 0 Å². The highest BCUT2D eigenvalue weighted by Gasteiger charge is 2.67. The molecule has 430 valence electrons. The Morgan fingerprint density at radius 2 is 0.973 bits per heavy atom. The summed E-state index contributed by atoms with van der Waals surface area (Å²) in [6.45, 7) is 22.9. The van der Waals surface area contributed by atoms with Crippen molar-refractivity contribution in [2.75, 3.05) is 13.2 Å². The van der Waals surface area contributed by atoms with Crippen LogP contribution in [0.1, 0.15) is 234 Å². The van der Waals surface area contributed by atoms with Crippen LogP contribution < -0.4 is 0 Å². The van der Waals surface area contributed by atoms with Crippen molar-refractivity contribution in [3.8, 4) is 0 Å². The molecule has 8 aliphatic carbocycles. The molecule has 0 aliphatic heterocycles. The number of ether oxygens (including phenoxy) is 2. The van der Waals surface area contributed by atoms with Gasteiger partial charge in [-0.05, 0) is 228 Å². The van der Waals surface area contributed by atoms with Crippen molar-refractivity contribution in [1.29, 1.82) is 0 Å². The minimum Gasteiger partial charge on any atom is -0.462 e. The second kappa shape index (κ2) is 27.0. The molecule has 0 aromatic heterocycles. The molecule has 11 heteroatoms. The van der Waals surface area contributed by atoms with Crippen LogP contribution in [0.25, 0.3) is 0 Å². The van der Waals surface area contributed by atoms with Gasteiger partial charge in [0.15, 0.2) is 0 Å². The summed E-state index contributed by atoms with van der Waals surface area (Å²) in [5, 5.41) is 52.4. The van der Waals surface area contributed by atoms with Crippen molar-refractivity contribution < 1.29 is 54.7 Å². The van der Waals surface area contributed by atoms with Gasteiger partial charge in [0.25, 0.3) is 0 Å². The van der Waals surface area contributed by atoms with Gasteiger partial charge >= 0.3 is 11.9 Å². The van der Waals surface area contributed by atoms with Gasteiger partial charge in [-0.25, -0.2) is 9.78 Å². The molecular weight excluding hydrogens is 921 g/mol. The smallest absolute Gasteiger partial charge is 0.308 e. The second-order valence-electron chi connectivity index (χ2n) is 26.2. The van der Waals surface area contributed by atoms with Crippen LogP contribution in [0.3, 0.4) is 0 Å². The van der Waals surface area contributed by atoms with E-state index in [1.807, 2.05) is 27.7 Å². The topological polar surface area (TPSA) is 172 Å². The SMILES string of the molecule is C.C.C.C.CCC(C)C(=O)OC1CCC2(C)C(C1)CC(O)C1C2CC(O)C2(C)C(C(C)CCCOO)CCC12.CCC(C)C(=O)OC1CCC2(C)C(CCC3C2CC(O)C2(C)C(C(C)CCCOO)CCC32)C1. The van der Waals surface area contributed by atoms with E-state index in [1.165, 1.54) is 25.7 Å². The normalized spacial score (nSPS) is 43.6. The van der Waals surface area contributed by atoms with Crippen LogP contribution in [-0.2, 0) is 28.8 Å². The molecule has 23 atom stereocenters. The minimum atomic E-state index is -0.360. The molecule has 11 nitrogen and oxygen atoms in total. The predicted molar refractivity (Wildman–Crippen MR) is 294 cm³/mol. The molecule has 8 rings (SSSR count). The lowest BCUT2D eigenvalue weighted by atomic mass is 9.43. The highest BCUT2D eigenvalue weighted by Crippen LogP contribution is 2.70. The molecule has 0 spiro atoms. The first kappa shape index (κ1) is 65.9. The molecule has 73 heavy (non-hydrogen) atoms. The average Bonchev–Trinajstić information content (AvgIpc) is 3.88. The number of hydrogen-bond donors (Lipinski definition) is 5. The van der Waals surface area contributed by atoms with E-state index < -0.39 is 0 Å². The Kier molecular flexibility index (Phi) is 24.4. The van der Waals surface area contributed by atoms with Crippen LogP contribution in [0.15, 0.2) is 0 Å². The van der Waals surface area contributed by atoms with E-state index in [-0.39, 0.29) is 112 Å². The summed E-state index contributed by atoms with van der Waals surface area (Å²) in [5.74, 6) is 5.51. The van der Waals surface area contributed by atoms with Gasteiger partial charge < -0.3 is 24.8 Å². The van der Waals surface area contributed by atoms with Crippen molar-refractivity contribution in [2.24, 2.45) is 105 Å². The van der Waals surface area contributed by atoms with E-state index in [1.54, 1.807) is 0 Å². The van der Waals surface area contributed by atoms with Crippen LogP contribution in [-0.4, -0.2) is 81.5 Å². The van der Waals surface area contributed by atoms with Gasteiger partial charge in [-0.1, -0.05) is 98.9 Å². The lowest BCUT2D eigenvalue weighted by Gasteiger charge is -2.63. The molecule has 0 aromatic carbocycles. The maximum atomic E-state index is 12.4. The fourth-order valence-corrected chi connectivity index (χ4v) is 18.7. The molecule has 5 N–H and O–H groups in total. The molecule has 0 radical (unpaired) electrons. The van der Waals surface area contributed by atoms with Gasteiger partial charge in [0, 0.05) is 0 Å². The fraction of sp³-hybridized carbons (Fsp3) is 0.968. The number of carbonyl (C=O) groups is 2. The van der Waals surface area contributed by atoms with Gasteiger partial charge in [0.1, 0.15) is 12.2 Å². The van der Waals surface area contributed by atoms with Crippen molar-refractivity contribution in [3.63, 3.8) is 0 Å². The van der Waals surface area contributed by atoms with Crippen molar-refractivity contribution in [2.45, 2.75) is 264 Å². The number of esters is 2. The lowest BCUT2D eigenvalue weighted by Crippen LogP contribution is -2.62. The number of aliphatic hydroxyl groups excluding tert-OH is 3. The van der Waals surface area contributed by atoms with Crippen LogP contribution >= 0.6 is 0 Å². The maximum absolute atomic E-state index is 12.4. The summed E-state index contributed by atoms with van der Waals surface area (Å²) >= 11 is 0.